The van der Waals surface area contributed by atoms with Crippen molar-refractivity contribution in [2.24, 2.45) is 0 Å². The molecule has 2 aromatic rings. The van der Waals surface area contributed by atoms with Gasteiger partial charge in [-0.1, -0.05) is 5.16 Å². The van der Waals surface area contributed by atoms with E-state index in [9.17, 15) is 4.79 Å². The van der Waals surface area contributed by atoms with Crippen LogP contribution in [-0.4, -0.2) is 17.6 Å². The van der Waals surface area contributed by atoms with Gasteiger partial charge in [0, 0.05) is 17.9 Å². The van der Waals surface area contributed by atoms with E-state index in [-0.39, 0.29) is 5.91 Å². The van der Waals surface area contributed by atoms with Crippen molar-refractivity contribution < 1.29 is 9.32 Å². The molecule has 5 nitrogen and oxygen atoms in total. The smallest absolute Gasteiger partial charge is 0.260 e. The zero-order chi connectivity index (χ0) is 13.2. The van der Waals surface area contributed by atoms with Crippen LogP contribution in [0.5, 0.6) is 0 Å². The van der Waals surface area contributed by atoms with Gasteiger partial charge in [0.05, 0.1) is 6.20 Å². The van der Waals surface area contributed by atoms with Gasteiger partial charge >= 0.3 is 0 Å². The Bertz CT molecular complexity index is 619. The van der Waals surface area contributed by atoms with Crippen molar-refractivity contribution in [2.45, 2.75) is 19.8 Å². The van der Waals surface area contributed by atoms with Crippen LogP contribution in [0.4, 0.5) is 11.4 Å². The SMILES string of the molecule is Cc1oncc1C(=O)Nc1ccc2c(c1)CCCN2. The molecule has 3 rings (SSSR count). The molecule has 1 aliphatic rings. The highest BCUT2D eigenvalue weighted by Crippen LogP contribution is 2.25. The van der Waals surface area contributed by atoms with Crippen molar-refractivity contribution in [2.75, 3.05) is 17.2 Å². The maximum absolute atomic E-state index is 12.0. The number of carbonyl (C=O) groups excluding carboxylic acids is 1. The molecular formula is C14H15N3O2. The molecule has 2 heterocycles. The average Bonchev–Trinajstić information content (AvgIpc) is 2.85. The fourth-order valence-corrected chi connectivity index (χ4v) is 2.27. The van der Waals surface area contributed by atoms with Gasteiger partial charge in [-0.25, -0.2) is 0 Å². The number of carbonyl (C=O) groups is 1. The summed E-state index contributed by atoms with van der Waals surface area (Å²) in [5.74, 6) is 0.333. The summed E-state index contributed by atoms with van der Waals surface area (Å²) >= 11 is 0. The van der Waals surface area contributed by atoms with E-state index < -0.39 is 0 Å². The van der Waals surface area contributed by atoms with Crippen LogP contribution in [0.25, 0.3) is 0 Å². The third kappa shape index (κ3) is 2.31. The van der Waals surface area contributed by atoms with Crippen molar-refractivity contribution >= 4 is 17.3 Å². The Kier molecular flexibility index (Phi) is 2.95. The van der Waals surface area contributed by atoms with Gasteiger partial charge in [0.15, 0.2) is 0 Å². The van der Waals surface area contributed by atoms with E-state index in [0.29, 0.717) is 11.3 Å². The van der Waals surface area contributed by atoms with Gasteiger partial charge in [0.2, 0.25) is 0 Å². The minimum atomic E-state index is -0.192. The van der Waals surface area contributed by atoms with E-state index in [4.69, 9.17) is 4.52 Å². The lowest BCUT2D eigenvalue weighted by Crippen LogP contribution is -2.14. The predicted molar refractivity (Wildman–Crippen MR) is 72.4 cm³/mol. The third-order valence-electron chi connectivity index (χ3n) is 3.30. The summed E-state index contributed by atoms with van der Waals surface area (Å²) in [6.45, 7) is 2.73. The molecule has 0 unspecified atom stereocenters. The van der Waals surface area contributed by atoms with E-state index in [0.717, 1.165) is 30.8 Å². The summed E-state index contributed by atoms with van der Waals surface area (Å²) in [5.41, 5.74) is 3.67. The molecule has 0 aliphatic carbocycles. The topological polar surface area (TPSA) is 67.2 Å². The minimum absolute atomic E-state index is 0.192. The standard InChI is InChI=1S/C14H15N3O2/c1-9-12(8-16-19-9)14(18)17-11-4-5-13-10(7-11)3-2-6-15-13/h4-5,7-8,15H,2-3,6H2,1H3,(H,17,18). The van der Waals surface area contributed by atoms with Crippen molar-refractivity contribution in [3.63, 3.8) is 0 Å². The van der Waals surface area contributed by atoms with Gasteiger partial charge in [-0.15, -0.1) is 0 Å². The lowest BCUT2D eigenvalue weighted by atomic mass is 10.0. The van der Waals surface area contributed by atoms with Crippen LogP contribution in [0, 0.1) is 6.92 Å². The first-order valence-electron chi connectivity index (χ1n) is 6.33. The number of aryl methyl sites for hydroxylation is 2. The Balaban J connectivity index is 1.80. The van der Waals surface area contributed by atoms with Gasteiger partial charge in [-0.3, -0.25) is 4.79 Å². The Labute approximate surface area is 111 Å². The van der Waals surface area contributed by atoms with Gasteiger partial charge in [0.25, 0.3) is 5.91 Å². The van der Waals surface area contributed by atoms with E-state index >= 15 is 0 Å². The van der Waals surface area contributed by atoms with Crippen molar-refractivity contribution in [3.8, 4) is 0 Å². The molecule has 2 N–H and O–H groups in total. The monoisotopic (exact) mass is 257 g/mol. The first-order valence-corrected chi connectivity index (χ1v) is 6.33. The number of benzene rings is 1. The number of hydrogen-bond donors (Lipinski definition) is 2. The molecule has 0 radical (unpaired) electrons. The Hall–Kier alpha value is -2.30. The lowest BCUT2D eigenvalue weighted by molar-refractivity contribution is 0.102. The summed E-state index contributed by atoms with van der Waals surface area (Å²) in [5, 5.41) is 9.82. The van der Waals surface area contributed by atoms with Crippen LogP contribution in [0.2, 0.25) is 0 Å². The van der Waals surface area contributed by atoms with Gasteiger partial charge in [-0.05, 0) is 43.5 Å². The molecule has 19 heavy (non-hydrogen) atoms. The van der Waals surface area contributed by atoms with Gasteiger partial charge in [-0.2, -0.15) is 0 Å². The number of aromatic nitrogens is 1. The molecule has 0 atom stereocenters. The number of nitrogens with one attached hydrogen (secondary N) is 2. The number of amides is 1. The number of anilines is 2. The summed E-state index contributed by atoms with van der Waals surface area (Å²) in [7, 11) is 0. The lowest BCUT2D eigenvalue weighted by Gasteiger charge is -2.18. The molecule has 1 amide bonds. The van der Waals surface area contributed by atoms with Crippen molar-refractivity contribution in [1.29, 1.82) is 0 Å². The van der Waals surface area contributed by atoms with Crippen LogP contribution in [0.1, 0.15) is 28.1 Å². The Morgan fingerprint density at radius 3 is 3.16 bits per heavy atom. The Morgan fingerprint density at radius 2 is 2.37 bits per heavy atom. The fourth-order valence-electron chi connectivity index (χ4n) is 2.27. The maximum Gasteiger partial charge on any atom is 0.260 e. The van der Waals surface area contributed by atoms with E-state index in [1.165, 1.54) is 11.8 Å². The second-order valence-electron chi connectivity index (χ2n) is 4.65. The largest absolute Gasteiger partial charge is 0.385 e. The molecule has 0 saturated carbocycles. The predicted octanol–water partition coefficient (Wildman–Crippen LogP) is 2.59. The van der Waals surface area contributed by atoms with Crippen molar-refractivity contribution in [3.05, 3.63) is 41.3 Å². The molecule has 0 spiro atoms. The molecule has 1 aromatic heterocycles. The normalized spacial score (nSPS) is 13.5. The van der Waals surface area contributed by atoms with E-state index in [2.05, 4.69) is 15.8 Å². The fraction of sp³-hybridized carbons (Fsp3) is 0.286. The molecule has 1 aliphatic heterocycles. The number of rotatable bonds is 2. The second kappa shape index (κ2) is 4.76. The van der Waals surface area contributed by atoms with Gasteiger partial charge in [0.1, 0.15) is 11.3 Å². The van der Waals surface area contributed by atoms with Crippen LogP contribution in [0.15, 0.2) is 28.9 Å². The zero-order valence-corrected chi connectivity index (χ0v) is 10.7. The minimum Gasteiger partial charge on any atom is -0.385 e. The molecule has 0 saturated heterocycles. The van der Waals surface area contributed by atoms with Crippen LogP contribution >= 0.6 is 0 Å². The summed E-state index contributed by atoms with van der Waals surface area (Å²) in [6, 6.07) is 5.92. The maximum atomic E-state index is 12.0. The van der Waals surface area contributed by atoms with Crippen LogP contribution in [0.3, 0.4) is 0 Å². The summed E-state index contributed by atoms with van der Waals surface area (Å²) in [4.78, 5) is 12.0. The summed E-state index contributed by atoms with van der Waals surface area (Å²) in [6.07, 6.45) is 3.60. The second-order valence-corrected chi connectivity index (χ2v) is 4.65. The number of hydrogen-bond acceptors (Lipinski definition) is 4. The van der Waals surface area contributed by atoms with E-state index in [1.54, 1.807) is 6.92 Å². The Morgan fingerprint density at radius 1 is 1.47 bits per heavy atom. The van der Waals surface area contributed by atoms with Crippen molar-refractivity contribution in [1.82, 2.24) is 5.16 Å². The molecular weight excluding hydrogens is 242 g/mol. The number of fused-ring (bicyclic) bond motifs is 1. The number of nitrogens with zero attached hydrogens (tertiary/aromatic N) is 1. The first kappa shape index (κ1) is 11.8. The summed E-state index contributed by atoms with van der Waals surface area (Å²) < 4.78 is 4.89. The quantitative estimate of drug-likeness (QED) is 0.867. The van der Waals surface area contributed by atoms with Crippen LogP contribution < -0.4 is 10.6 Å². The highest BCUT2D eigenvalue weighted by molar-refractivity contribution is 6.04. The molecule has 5 heteroatoms. The van der Waals surface area contributed by atoms with Crippen LogP contribution in [-0.2, 0) is 6.42 Å². The molecule has 98 valence electrons. The van der Waals surface area contributed by atoms with E-state index in [1.807, 2.05) is 18.2 Å². The first-order chi connectivity index (χ1) is 9.24. The zero-order valence-electron chi connectivity index (χ0n) is 10.7. The highest BCUT2D eigenvalue weighted by atomic mass is 16.5. The third-order valence-corrected chi connectivity index (χ3v) is 3.30. The molecule has 1 aromatic carbocycles. The molecule has 0 bridgehead atoms. The van der Waals surface area contributed by atoms with Gasteiger partial charge < -0.3 is 15.2 Å². The highest BCUT2D eigenvalue weighted by Gasteiger charge is 2.14. The average molecular weight is 257 g/mol. The molecule has 0 fully saturated rings.